The van der Waals surface area contributed by atoms with E-state index in [1.807, 2.05) is 6.07 Å². The molecular formula is C10H14KO4P. The Balaban J connectivity index is 0. The number of rotatable bonds is 5. The summed E-state index contributed by atoms with van der Waals surface area (Å²) in [5.41, 5.74) is 1.02. The van der Waals surface area contributed by atoms with Crippen LogP contribution in [0.4, 0.5) is 0 Å². The molecular weight excluding hydrogens is 254 g/mol. The van der Waals surface area contributed by atoms with E-state index in [4.69, 9.17) is 19.0 Å². The molecule has 1 rings (SSSR count). The number of allylic oxidation sites excluding steroid dienone is 1. The van der Waals surface area contributed by atoms with Crippen molar-refractivity contribution in [3.05, 3.63) is 36.4 Å². The van der Waals surface area contributed by atoms with Crippen molar-refractivity contribution in [1.82, 2.24) is 0 Å². The van der Waals surface area contributed by atoms with Crippen LogP contribution >= 0.6 is 8.60 Å². The number of ether oxygens (including phenoxy) is 1. The SMILES string of the molecule is C=CCc1ccc(OP(O)O)c(OC)c1.[H-].[K+]. The van der Waals surface area contributed by atoms with Crippen molar-refractivity contribution in [2.45, 2.75) is 6.42 Å². The van der Waals surface area contributed by atoms with Gasteiger partial charge in [-0.3, -0.25) is 0 Å². The number of methoxy groups -OCH3 is 1. The van der Waals surface area contributed by atoms with Crippen LogP contribution in [-0.4, -0.2) is 16.9 Å². The first-order valence-corrected chi connectivity index (χ1v) is 5.47. The quantitative estimate of drug-likeness (QED) is 0.414. The minimum atomic E-state index is -2.42. The molecule has 0 fully saturated rings. The van der Waals surface area contributed by atoms with E-state index in [9.17, 15) is 0 Å². The van der Waals surface area contributed by atoms with Crippen molar-refractivity contribution < 1.29 is 71.9 Å². The summed E-state index contributed by atoms with van der Waals surface area (Å²) in [6.45, 7) is 3.63. The fraction of sp³-hybridized carbons (Fsp3) is 0.200. The normalized spacial score (nSPS) is 9.50. The van der Waals surface area contributed by atoms with Crippen LogP contribution in [0, 0.1) is 0 Å². The van der Waals surface area contributed by atoms with Gasteiger partial charge in [0.25, 0.3) is 0 Å². The van der Waals surface area contributed by atoms with E-state index < -0.39 is 8.60 Å². The molecule has 0 heterocycles. The van der Waals surface area contributed by atoms with E-state index in [0.717, 1.165) is 12.0 Å². The van der Waals surface area contributed by atoms with Crippen LogP contribution in [0.15, 0.2) is 30.9 Å². The third-order valence-electron chi connectivity index (χ3n) is 1.79. The average Bonchev–Trinajstić information content (AvgIpc) is 2.20. The van der Waals surface area contributed by atoms with Gasteiger partial charge in [-0.25, -0.2) is 0 Å². The van der Waals surface area contributed by atoms with Gasteiger partial charge in [-0.15, -0.1) is 6.58 Å². The van der Waals surface area contributed by atoms with E-state index >= 15 is 0 Å². The Hall–Kier alpha value is 0.546. The molecule has 0 aliphatic carbocycles. The van der Waals surface area contributed by atoms with Gasteiger partial charge in [0.2, 0.25) is 0 Å². The fourth-order valence-electron chi connectivity index (χ4n) is 1.17. The van der Waals surface area contributed by atoms with Crippen LogP contribution in [0.25, 0.3) is 0 Å². The summed E-state index contributed by atoms with van der Waals surface area (Å²) < 4.78 is 9.86. The summed E-state index contributed by atoms with van der Waals surface area (Å²) >= 11 is 0. The summed E-state index contributed by atoms with van der Waals surface area (Å²) in [5.74, 6) is 0.798. The molecule has 0 radical (unpaired) electrons. The second-order valence-corrected chi connectivity index (χ2v) is 3.51. The summed E-state index contributed by atoms with van der Waals surface area (Å²) in [6.07, 6.45) is 2.50. The van der Waals surface area contributed by atoms with Crippen molar-refractivity contribution in [3.8, 4) is 11.5 Å². The molecule has 0 saturated heterocycles. The van der Waals surface area contributed by atoms with Gasteiger partial charge in [-0.05, 0) is 24.1 Å². The summed E-state index contributed by atoms with van der Waals surface area (Å²) in [5, 5.41) is 0. The van der Waals surface area contributed by atoms with Crippen molar-refractivity contribution in [2.75, 3.05) is 7.11 Å². The Bertz CT molecular complexity index is 349. The maximum atomic E-state index is 8.72. The molecule has 1 aromatic rings. The van der Waals surface area contributed by atoms with Crippen molar-refractivity contribution in [1.29, 1.82) is 0 Å². The van der Waals surface area contributed by atoms with Gasteiger partial charge in [0.15, 0.2) is 11.5 Å². The molecule has 2 N–H and O–H groups in total. The fourth-order valence-corrected chi connectivity index (χ4v) is 1.50. The van der Waals surface area contributed by atoms with Crippen molar-refractivity contribution in [3.63, 3.8) is 0 Å². The zero-order chi connectivity index (χ0) is 11.3. The zero-order valence-corrected chi connectivity index (χ0v) is 13.4. The third kappa shape index (κ3) is 5.25. The monoisotopic (exact) mass is 268 g/mol. The van der Waals surface area contributed by atoms with Gasteiger partial charge >= 0.3 is 60.0 Å². The third-order valence-corrected chi connectivity index (χ3v) is 2.15. The zero-order valence-electron chi connectivity index (χ0n) is 10.4. The first kappa shape index (κ1) is 16.5. The van der Waals surface area contributed by atoms with Crippen molar-refractivity contribution in [2.24, 2.45) is 0 Å². The second-order valence-electron chi connectivity index (χ2n) is 2.82. The van der Waals surface area contributed by atoms with E-state index in [0.29, 0.717) is 11.5 Å². The molecule has 84 valence electrons. The van der Waals surface area contributed by atoms with E-state index in [1.165, 1.54) is 7.11 Å². The molecule has 0 bridgehead atoms. The minimum absolute atomic E-state index is 0. The Morgan fingerprint density at radius 2 is 2.12 bits per heavy atom. The summed E-state index contributed by atoms with van der Waals surface area (Å²) in [6, 6.07) is 5.23. The molecule has 0 aliphatic heterocycles. The molecule has 16 heavy (non-hydrogen) atoms. The molecule has 6 heteroatoms. The van der Waals surface area contributed by atoms with Crippen molar-refractivity contribution >= 4 is 8.60 Å². The Labute approximate surface area is 140 Å². The van der Waals surface area contributed by atoms with Crippen LogP contribution in [0.1, 0.15) is 6.99 Å². The van der Waals surface area contributed by atoms with Gasteiger partial charge in [0.1, 0.15) is 0 Å². The standard InChI is InChI=1S/C10H13O4P.K.H/c1-3-4-8-5-6-9(14-15(11)12)10(7-8)13-2;;/h3,5-7,11-12H,1,4H2,2H3;;/q;+1;-1. The van der Waals surface area contributed by atoms with Crippen LogP contribution in [0.3, 0.4) is 0 Å². The Morgan fingerprint density at radius 3 is 2.62 bits per heavy atom. The second kappa shape index (κ2) is 8.61. The van der Waals surface area contributed by atoms with Gasteiger partial charge in [-0.2, -0.15) is 0 Å². The topological polar surface area (TPSA) is 58.9 Å². The molecule has 0 amide bonds. The van der Waals surface area contributed by atoms with Crippen LogP contribution in [0.5, 0.6) is 11.5 Å². The van der Waals surface area contributed by atoms with Crippen LogP contribution in [0.2, 0.25) is 0 Å². The predicted molar refractivity (Wildman–Crippen MR) is 60.0 cm³/mol. The van der Waals surface area contributed by atoms with Gasteiger partial charge in [-0.1, -0.05) is 12.1 Å². The number of hydrogen-bond donors (Lipinski definition) is 2. The largest absolute Gasteiger partial charge is 1.00 e. The smallest absolute Gasteiger partial charge is 1.00 e. The summed E-state index contributed by atoms with van der Waals surface area (Å²) in [7, 11) is -0.919. The minimum Gasteiger partial charge on any atom is -1.00 e. The van der Waals surface area contributed by atoms with Gasteiger partial charge < -0.3 is 20.5 Å². The predicted octanol–water partition coefficient (Wildman–Crippen LogP) is -0.870. The van der Waals surface area contributed by atoms with Crippen LogP contribution in [-0.2, 0) is 6.42 Å². The molecule has 0 spiro atoms. The van der Waals surface area contributed by atoms with Gasteiger partial charge in [0, 0.05) is 0 Å². The molecule has 0 aromatic heterocycles. The molecule has 1 aromatic carbocycles. The molecule has 4 nitrogen and oxygen atoms in total. The van der Waals surface area contributed by atoms with E-state index in [2.05, 4.69) is 6.58 Å². The maximum Gasteiger partial charge on any atom is 1.00 e. The Kier molecular flexibility index (Phi) is 8.90. The molecule has 0 saturated carbocycles. The summed E-state index contributed by atoms with van der Waals surface area (Å²) in [4.78, 5) is 17.4. The first-order valence-electron chi connectivity index (χ1n) is 4.31. The number of hydrogen-bond acceptors (Lipinski definition) is 4. The van der Waals surface area contributed by atoms with E-state index in [-0.39, 0.29) is 52.8 Å². The average molecular weight is 268 g/mol. The number of benzene rings is 1. The first-order chi connectivity index (χ1) is 7.17. The van der Waals surface area contributed by atoms with Crippen LogP contribution < -0.4 is 60.6 Å². The molecule has 0 unspecified atom stereocenters. The van der Waals surface area contributed by atoms with Gasteiger partial charge in [0.05, 0.1) is 7.11 Å². The maximum absolute atomic E-state index is 8.72. The molecule has 0 aliphatic rings. The Morgan fingerprint density at radius 1 is 1.44 bits per heavy atom. The van der Waals surface area contributed by atoms with E-state index in [1.54, 1.807) is 18.2 Å². The molecule has 0 atom stereocenters.